The lowest BCUT2D eigenvalue weighted by Crippen LogP contribution is -2.17. The van der Waals surface area contributed by atoms with Crippen LogP contribution in [0.2, 0.25) is 0 Å². The Morgan fingerprint density at radius 2 is 2.22 bits per heavy atom. The van der Waals surface area contributed by atoms with E-state index in [0.717, 1.165) is 30.0 Å². The van der Waals surface area contributed by atoms with Gasteiger partial charge in [0.2, 0.25) is 0 Å². The van der Waals surface area contributed by atoms with Gasteiger partial charge in [-0.1, -0.05) is 12.1 Å². The first-order valence-electron chi connectivity index (χ1n) is 6.24. The summed E-state index contributed by atoms with van der Waals surface area (Å²) in [6.45, 7) is 0.632. The highest BCUT2D eigenvalue weighted by molar-refractivity contribution is 7.15. The van der Waals surface area contributed by atoms with Gasteiger partial charge in [0.1, 0.15) is 10.8 Å². The van der Waals surface area contributed by atoms with E-state index in [9.17, 15) is 4.39 Å². The number of aryl methyl sites for hydroxylation is 1. The van der Waals surface area contributed by atoms with Crippen molar-refractivity contribution >= 4 is 11.3 Å². The zero-order chi connectivity index (χ0) is 12.5. The van der Waals surface area contributed by atoms with E-state index >= 15 is 0 Å². The third kappa shape index (κ3) is 1.95. The molecule has 2 nitrogen and oxygen atoms in total. The maximum atomic E-state index is 13.8. The second-order valence-corrected chi connectivity index (χ2v) is 5.72. The van der Waals surface area contributed by atoms with E-state index in [1.165, 1.54) is 10.9 Å². The number of nitrogens with two attached hydrogens (primary N) is 1. The van der Waals surface area contributed by atoms with Crippen LogP contribution in [0.25, 0.3) is 10.6 Å². The first-order valence-corrected chi connectivity index (χ1v) is 7.06. The Labute approximate surface area is 110 Å². The van der Waals surface area contributed by atoms with Crippen LogP contribution in [-0.2, 0) is 6.42 Å². The summed E-state index contributed by atoms with van der Waals surface area (Å²) in [6, 6.07) is 6.82. The number of hydrogen-bond acceptors (Lipinski definition) is 3. The Kier molecular flexibility index (Phi) is 3.14. The summed E-state index contributed by atoms with van der Waals surface area (Å²) >= 11 is 1.62. The van der Waals surface area contributed by atoms with Crippen LogP contribution in [0.5, 0.6) is 0 Å². The molecular formula is C14H15FN2S. The van der Waals surface area contributed by atoms with Gasteiger partial charge in [-0.2, -0.15) is 0 Å². The summed E-state index contributed by atoms with van der Waals surface area (Å²) in [4.78, 5) is 5.92. The monoisotopic (exact) mass is 262 g/mol. The van der Waals surface area contributed by atoms with Gasteiger partial charge >= 0.3 is 0 Å². The molecule has 1 aliphatic rings. The molecule has 2 aromatic rings. The molecule has 3 rings (SSSR count). The van der Waals surface area contributed by atoms with Gasteiger partial charge in [-0.05, 0) is 31.4 Å². The van der Waals surface area contributed by atoms with Gasteiger partial charge in [0.05, 0.1) is 5.69 Å². The normalized spacial score (nSPS) is 18.7. The van der Waals surface area contributed by atoms with Crippen molar-refractivity contribution in [3.8, 4) is 10.6 Å². The van der Waals surface area contributed by atoms with Crippen LogP contribution < -0.4 is 5.73 Å². The molecular weight excluding hydrogens is 247 g/mol. The van der Waals surface area contributed by atoms with E-state index in [-0.39, 0.29) is 5.82 Å². The van der Waals surface area contributed by atoms with Crippen LogP contribution in [-0.4, -0.2) is 11.5 Å². The fraction of sp³-hybridized carbons (Fsp3) is 0.357. The van der Waals surface area contributed by atoms with Crippen molar-refractivity contribution in [1.82, 2.24) is 4.98 Å². The molecule has 0 radical (unpaired) electrons. The van der Waals surface area contributed by atoms with Crippen LogP contribution in [0.1, 0.15) is 29.3 Å². The molecule has 4 heteroatoms. The lowest BCUT2D eigenvalue weighted by molar-refractivity contribution is 0.554. The van der Waals surface area contributed by atoms with Crippen molar-refractivity contribution in [2.24, 2.45) is 5.73 Å². The zero-order valence-electron chi connectivity index (χ0n) is 10.0. The third-order valence-electron chi connectivity index (χ3n) is 3.46. The van der Waals surface area contributed by atoms with Gasteiger partial charge in [-0.25, -0.2) is 9.37 Å². The van der Waals surface area contributed by atoms with E-state index < -0.39 is 0 Å². The molecule has 0 saturated carbocycles. The Balaban J connectivity index is 2.05. The molecule has 94 valence electrons. The van der Waals surface area contributed by atoms with Crippen molar-refractivity contribution in [2.75, 3.05) is 6.54 Å². The number of benzene rings is 1. The molecule has 2 N–H and O–H groups in total. The summed E-state index contributed by atoms with van der Waals surface area (Å²) in [5.74, 6) is 0.151. The highest BCUT2D eigenvalue weighted by Gasteiger charge is 2.24. The fourth-order valence-corrected chi connectivity index (χ4v) is 3.70. The van der Waals surface area contributed by atoms with E-state index in [4.69, 9.17) is 5.73 Å². The Hall–Kier alpha value is -1.26. The van der Waals surface area contributed by atoms with Crippen molar-refractivity contribution < 1.29 is 4.39 Å². The lowest BCUT2D eigenvalue weighted by atomic mass is 9.91. The number of rotatable bonds is 2. The topological polar surface area (TPSA) is 38.9 Å². The van der Waals surface area contributed by atoms with Crippen molar-refractivity contribution in [3.05, 3.63) is 40.7 Å². The van der Waals surface area contributed by atoms with Crippen molar-refractivity contribution in [2.45, 2.75) is 25.2 Å². The number of halogens is 1. The van der Waals surface area contributed by atoms with Crippen LogP contribution >= 0.6 is 11.3 Å². The SMILES string of the molecule is NCC1CCCc2sc(-c3ccccc3F)nc21. The number of fused-ring (bicyclic) bond motifs is 1. The summed E-state index contributed by atoms with van der Waals surface area (Å²) in [6.07, 6.45) is 3.32. The quantitative estimate of drug-likeness (QED) is 0.901. The molecule has 0 fully saturated rings. The third-order valence-corrected chi connectivity index (χ3v) is 4.62. The molecule has 1 heterocycles. The van der Waals surface area contributed by atoms with Gasteiger partial charge in [0.25, 0.3) is 0 Å². The van der Waals surface area contributed by atoms with Crippen LogP contribution in [0.4, 0.5) is 4.39 Å². The minimum absolute atomic E-state index is 0.201. The predicted octanol–water partition coefficient (Wildman–Crippen LogP) is 3.33. The maximum Gasteiger partial charge on any atom is 0.133 e. The summed E-state index contributed by atoms with van der Waals surface area (Å²) < 4.78 is 13.8. The first kappa shape index (κ1) is 11.8. The van der Waals surface area contributed by atoms with Crippen LogP contribution in [0, 0.1) is 5.82 Å². The van der Waals surface area contributed by atoms with Crippen LogP contribution in [0.3, 0.4) is 0 Å². The summed E-state index contributed by atoms with van der Waals surface area (Å²) in [5.41, 5.74) is 7.49. The molecule has 1 aliphatic carbocycles. The number of aromatic nitrogens is 1. The van der Waals surface area contributed by atoms with Crippen LogP contribution in [0.15, 0.2) is 24.3 Å². The molecule has 1 aromatic carbocycles. The molecule has 0 bridgehead atoms. The largest absolute Gasteiger partial charge is 0.330 e. The fourth-order valence-electron chi connectivity index (χ4n) is 2.49. The molecule has 0 aliphatic heterocycles. The van der Waals surface area contributed by atoms with Crippen molar-refractivity contribution in [1.29, 1.82) is 0 Å². The zero-order valence-corrected chi connectivity index (χ0v) is 10.8. The minimum Gasteiger partial charge on any atom is -0.330 e. The van der Waals surface area contributed by atoms with Crippen molar-refractivity contribution in [3.63, 3.8) is 0 Å². The average Bonchev–Trinajstić information content (AvgIpc) is 2.82. The molecule has 1 unspecified atom stereocenters. The summed E-state index contributed by atoms with van der Waals surface area (Å²) in [5, 5.41) is 0.790. The highest BCUT2D eigenvalue weighted by Crippen LogP contribution is 2.38. The minimum atomic E-state index is -0.201. The van der Waals surface area contributed by atoms with E-state index in [0.29, 0.717) is 18.0 Å². The molecule has 0 saturated heterocycles. The number of hydrogen-bond donors (Lipinski definition) is 1. The first-order chi connectivity index (χ1) is 8.79. The maximum absolute atomic E-state index is 13.8. The Bertz CT molecular complexity index is 565. The number of thiazole rings is 1. The smallest absolute Gasteiger partial charge is 0.133 e. The number of nitrogens with zero attached hydrogens (tertiary/aromatic N) is 1. The molecule has 1 atom stereocenters. The van der Waals surface area contributed by atoms with Gasteiger partial charge in [0.15, 0.2) is 0 Å². The summed E-state index contributed by atoms with van der Waals surface area (Å²) in [7, 11) is 0. The molecule has 18 heavy (non-hydrogen) atoms. The molecule has 0 spiro atoms. The molecule has 0 amide bonds. The van der Waals surface area contributed by atoms with E-state index in [1.807, 2.05) is 6.07 Å². The average molecular weight is 262 g/mol. The standard InChI is InChI=1S/C14H15FN2S/c15-11-6-2-1-5-10(11)14-17-13-9(8-16)4-3-7-12(13)18-14/h1-2,5-6,9H,3-4,7-8,16H2. The Morgan fingerprint density at radius 1 is 1.39 bits per heavy atom. The second-order valence-electron chi connectivity index (χ2n) is 4.63. The van der Waals surface area contributed by atoms with E-state index in [2.05, 4.69) is 4.98 Å². The van der Waals surface area contributed by atoms with Gasteiger partial charge in [-0.3, -0.25) is 0 Å². The molecule has 1 aromatic heterocycles. The second kappa shape index (κ2) is 4.78. The Morgan fingerprint density at radius 3 is 3.00 bits per heavy atom. The van der Waals surface area contributed by atoms with Gasteiger partial charge in [-0.15, -0.1) is 11.3 Å². The predicted molar refractivity (Wildman–Crippen MR) is 72.2 cm³/mol. The van der Waals surface area contributed by atoms with Gasteiger partial charge in [0, 0.05) is 22.9 Å². The van der Waals surface area contributed by atoms with Gasteiger partial charge < -0.3 is 5.73 Å². The highest BCUT2D eigenvalue weighted by atomic mass is 32.1. The lowest BCUT2D eigenvalue weighted by Gasteiger charge is -2.18. The van der Waals surface area contributed by atoms with E-state index in [1.54, 1.807) is 23.5 Å².